The van der Waals surface area contributed by atoms with Gasteiger partial charge in [-0.3, -0.25) is 0 Å². The zero-order chi connectivity index (χ0) is 22.2. The summed E-state index contributed by atoms with van der Waals surface area (Å²) in [6.07, 6.45) is 3.15. The Morgan fingerprint density at radius 2 is 1.97 bits per heavy atom. The SMILES string of the molecule is COC(=O)C(OC(C)(C)C)c1c2c(cc(C)c1-c1ccc3c(c1)CCCO3)NCCC2. The Hall–Kier alpha value is -2.53. The number of hydrogen-bond acceptors (Lipinski definition) is 5. The number of nitrogens with one attached hydrogen (secondary N) is 1. The summed E-state index contributed by atoms with van der Waals surface area (Å²) in [5.41, 5.74) is 7.17. The highest BCUT2D eigenvalue weighted by molar-refractivity contribution is 5.86. The number of aryl methyl sites for hydroxylation is 2. The van der Waals surface area contributed by atoms with Crippen LogP contribution in [0.2, 0.25) is 0 Å². The molecule has 0 fully saturated rings. The topological polar surface area (TPSA) is 56.8 Å². The van der Waals surface area contributed by atoms with Crippen molar-refractivity contribution in [2.45, 2.75) is 65.1 Å². The number of hydrogen-bond donors (Lipinski definition) is 1. The van der Waals surface area contributed by atoms with Crippen LogP contribution in [0.1, 0.15) is 62.0 Å². The number of benzene rings is 2. The van der Waals surface area contributed by atoms with Gasteiger partial charge in [0.05, 0.1) is 19.3 Å². The van der Waals surface area contributed by atoms with E-state index >= 15 is 0 Å². The molecule has 1 atom stereocenters. The summed E-state index contributed by atoms with van der Waals surface area (Å²) >= 11 is 0. The van der Waals surface area contributed by atoms with Crippen LogP contribution in [-0.2, 0) is 27.1 Å². The van der Waals surface area contributed by atoms with E-state index in [4.69, 9.17) is 14.2 Å². The van der Waals surface area contributed by atoms with Gasteiger partial charge in [-0.1, -0.05) is 6.07 Å². The highest BCUT2D eigenvalue weighted by Crippen LogP contribution is 2.43. The third kappa shape index (κ3) is 4.42. The van der Waals surface area contributed by atoms with Crippen molar-refractivity contribution in [3.8, 4) is 16.9 Å². The normalized spacial score (nSPS) is 16.4. The molecule has 0 aromatic heterocycles. The molecule has 0 saturated heterocycles. The summed E-state index contributed by atoms with van der Waals surface area (Å²) in [4.78, 5) is 13.0. The first-order valence-electron chi connectivity index (χ1n) is 11.2. The van der Waals surface area contributed by atoms with E-state index in [0.717, 1.165) is 78.1 Å². The Bertz CT molecular complexity index is 990. The van der Waals surface area contributed by atoms with Gasteiger partial charge in [0.25, 0.3) is 0 Å². The third-order valence-corrected chi connectivity index (χ3v) is 5.94. The summed E-state index contributed by atoms with van der Waals surface area (Å²) < 4.78 is 17.4. The Labute approximate surface area is 185 Å². The second-order valence-corrected chi connectivity index (χ2v) is 9.45. The van der Waals surface area contributed by atoms with Gasteiger partial charge in [0.2, 0.25) is 0 Å². The fraction of sp³-hybridized carbons (Fsp3) is 0.500. The second-order valence-electron chi connectivity index (χ2n) is 9.45. The zero-order valence-electron chi connectivity index (χ0n) is 19.3. The van der Waals surface area contributed by atoms with E-state index in [0.29, 0.717) is 0 Å². The van der Waals surface area contributed by atoms with Crippen LogP contribution in [0.4, 0.5) is 5.69 Å². The quantitative estimate of drug-likeness (QED) is 0.670. The van der Waals surface area contributed by atoms with Crippen molar-refractivity contribution < 1.29 is 19.0 Å². The highest BCUT2D eigenvalue weighted by atomic mass is 16.6. The maximum atomic E-state index is 13.0. The smallest absolute Gasteiger partial charge is 0.339 e. The molecule has 0 amide bonds. The van der Waals surface area contributed by atoms with E-state index in [9.17, 15) is 4.79 Å². The molecule has 166 valence electrons. The standard InChI is InChI=1S/C26H33NO4/c1-16-14-20-19(9-6-12-27-20)23(24(25(28)29-5)31-26(2,3)4)22(16)18-10-11-21-17(15-18)8-7-13-30-21/h10-11,14-15,24,27H,6-9,12-13H2,1-5H3. The van der Waals surface area contributed by atoms with Crippen molar-refractivity contribution >= 4 is 11.7 Å². The molecule has 2 aliphatic heterocycles. The summed E-state index contributed by atoms with van der Waals surface area (Å²) in [5, 5.41) is 3.52. The van der Waals surface area contributed by atoms with Crippen LogP contribution in [0, 0.1) is 6.92 Å². The molecule has 1 unspecified atom stereocenters. The minimum Gasteiger partial charge on any atom is -0.493 e. The molecule has 0 saturated carbocycles. The second kappa shape index (κ2) is 8.54. The van der Waals surface area contributed by atoms with Crippen LogP contribution >= 0.6 is 0 Å². The average molecular weight is 424 g/mol. The highest BCUT2D eigenvalue weighted by Gasteiger charge is 2.34. The molecule has 2 aromatic carbocycles. The van der Waals surface area contributed by atoms with Gasteiger partial charge in [-0.15, -0.1) is 0 Å². The van der Waals surface area contributed by atoms with Gasteiger partial charge in [-0.25, -0.2) is 4.79 Å². The van der Waals surface area contributed by atoms with Crippen LogP contribution in [-0.4, -0.2) is 31.8 Å². The first kappa shape index (κ1) is 21.7. The molecule has 2 aromatic rings. The lowest BCUT2D eigenvalue weighted by Crippen LogP contribution is -2.30. The number of esters is 1. The van der Waals surface area contributed by atoms with Crippen molar-refractivity contribution in [2.24, 2.45) is 0 Å². The fourth-order valence-corrected chi connectivity index (χ4v) is 4.67. The predicted octanol–water partition coefficient (Wildman–Crippen LogP) is 5.37. The van der Waals surface area contributed by atoms with Crippen molar-refractivity contribution in [3.05, 3.63) is 46.5 Å². The minimum absolute atomic E-state index is 0.365. The monoisotopic (exact) mass is 423 g/mol. The lowest BCUT2D eigenvalue weighted by molar-refractivity contribution is -0.164. The first-order chi connectivity index (χ1) is 14.8. The average Bonchev–Trinajstić information content (AvgIpc) is 2.75. The number of rotatable bonds is 4. The number of carbonyl (C=O) groups is 1. The first-order valence-corrected chi connectivity index (χ1v) is 11.2. The Kier molecular flexibility index (Phi) is 5.98. The molecule has 0 bridgehead atoms. The Morgan fingerprint density at radius 3 is 2.71 bits per heavy atom. The molecule has 0 radical (unpaired) electrons. The molecule has 31 heavy (non-hydrogen) atoms. The van der Waals surface area contributed by atoms with Gasteiger partial charge in [-0.05, 0) is 99.4 Å². The van der Waals surface area contributed by atoms with Crippen LogP contribution in [0.5, 0.6) is 5.75 Å². The molecule has 5 heteroatoms. The minimum atomic E-state index is -0.791. The number of anilines is 1. The van der Waals surface area contributed by atoms with Crippen LogP contribution in [0.15, 0.2) is 24.3 Å². The van der Waals surface area contributed by atoms with Crippen molar-refractivity contribution in [1.29, 1.82) is 0 Å². The van der Waals surface area contributed by atoms with Crippen molar-refractivity contribution in [3.63, 3.8) is 0 Å². The number of fused-ring (bicyclic) bond motifs is 2. The third-order valence-electron chi connectivity index (χ3n) is 5.94. The molecule has 4 rings (SSSR count). The lowest BCUT2D eigenvalue weighted by atomic mass is 9.83. The molecule has 1 N–H and O–H groups in total. The van der Waals surface area contributed by atoms with Gasteiger partial charge < -0.3 is 19.5 Å². The zero-order valence-corrected chi connectivity index (χ0v) is 19.3. The summed E-state index contributed by atoms with van der Waals surface area (Å²) in [6, 6.07) is 8.58. The Balaban J connectivity index is 1.95. The van der Waals surface area contributed by atoms with E-state index in [1.165, 1.54) is 12.7 Å². The van der Waals surface area contributed by atoms with E-state index in [-0.39, 0.29) is 5.97 Å². The summed E-state index contributed by atoms with van der Waals surface area (Å²) in [6.45, 7) is 9.73. The fourth-order valence-electron chi connectivity index (χ4n) is 4.67. The maximum Gasteiger partial charge on any atom is 0.339 e. The van der Waals surface area contributed by atoms with Crippen molar-refractivity contribution in [2.75, 3.05) is 25.6 Å². The molecule has 2 aliphatic rings. The summed E-state index contributed by atoms with van der Waals surface area (Å²) in [7, 11) is 1.43. The molecule has 2 heterocycles. The van der Waals surface area contributed by atoms with Gasteiger partial charge in [-0.2, -0.15) is 0 Å². The Morgan fingerprint density at radius 1 is 1.16 bits per heavy atom. The largest absolute Gasteiger partial charge is 0.493 e. The molecule has 0 spiro atoms. The van der Waals surface area contributed by atoms with Gasteiger partial charge in [0.1, 0.15) is 5.75 Å². The van der Waals surface area contributed by atoms with Crippen molar-refractivity contribution in [1.82, 2.24) is 0 Å². The molecular weight excluding hydrogens is 390 g/mol. The van der Waals surface area contributed by atoms with E-state index in [1.807, 2.05) is 20.8 Å². The lowest BCUT2D eigenvalue weighted by Gasteiger charge is -2.32. The molecule has 0 aliphatic carbocycles. The van der Waals surface area contributed by atoms with E-state index < -0.39 is 11.7 Å². The molecular formula is C26H33NO4. The van der Waals surface area contributed by atoms with Crippen LogP contribution in [0.3, 0.4) is 0 Å². The van der Waals surface area contributed by atoms with Gasteiger partial charge in [0.15, 0.2) is 6.10 Å². The predicted molar refractivity (Wildman–Crippen MR) is 123 cm³/mol. The van der Waals surface area contributed by atoms with Crippen LogP contribution in [0.25, 0.3) is 11.1 Å². The maximum absolute atomic E-state index is 13.0. The number of ether oxygens (including phenoxy) is 3. The van der Waals surface area contributed by atoms with Crippen LogP contribution < -0.4 is 10.1 Å². The summed E-state index contributed by atoms with van der Waals surface area (Å²) in [5.74, 6) is 0.597. The van der Waals surface area contributed by atoms with E-state index in [2.05, 4.69) is 36.5 Å². The van der Waals surface area contributed by atoms with E-state index in [1.54, 1.807) is 0 Å². The van der Waals surface area contributed by atoms with Gasteiger partial charge >= 0.3 is 5.97 Å². The molecule has 5 nitrogen and oxygen atoms in total. The van der Waals surface area contributed by atoms with Gasteiger partial charge in [0, 0.05) is 17.8 Å². The number of methoxy groups -OCH3 is 1. The number of carbonyl (C=O) groups excluding carboxylic acids is 1.